The van der Waals surface area contributed by atoms with Gasteiger partial charge in [-0.15, -0.1) is 0 Å². The van der Waals surface area contributed by atoms with E-state index < -0.39 is 5.82 Å². The molecule has 6 heteroatoms. The van der Waals surface area contributed by atoms with E-state index in [0.717, 1.165) is 12.6 Å². The SMILES string of the molecule is CCOCCCNc1nc(N)ncc1F. The number of nitrogens with zero attached hydrogens (tertiary/aromatic N) is 2. The van der Waals surface area contributed by atoms with Gasteiger partial charge in [0.15, 0.2) is 11.6 Å². The van der Waals surface area contributed by atoms with Gasteiger partial charge in [-0.2, -0.15) is 4.98 Å². The summed E-state index contributed by atoms with van der Waals surface area (Å²) in [5.74, 6) is -0.302. The van der Waals surface area contributed by atoms with E-state index in [4.69, 9.17) is 10.5 Å². The molecule has 84 valence electrons. The summed E-state index contributed by atoms with van der Waals surface area (Å²) in [6, 6.07) is 0. The van der Waals surface area contributed by atoms with Crippen molar-refractivity contribution in [3.05, 3.63) is 12.0 Å². The van der Waals surface area contributed by atoms with Crippen LogP contribution in [0.2, 0.25) is 0 Å². The van der Waals surface area contributed by atoms with Crippen LogP contribution in [0.1, 0.15) is 13.3 Å². The molecule has 0 fully saturated rings. The van der Waals surface area contributed by atoms with Crippen molar-refractivity contribution in [2.45, 2.75) is 13.3 Å². The van der Waals surface area contributed by atoms with Gasteiger partial charge in [0, 0.05) is 19.8 Å². The highest BCUT2D eigenvalue weighted by Crippen LogP contribution is 2.09. The smallest absolute Gasteiger partial charge is 0.222 e. The lowest BCUT2D eigenvalue weighted by Gasteiger charge is -2.06. The highest BCUT2D eigenvalue weighted by atomic mass is 19.1. The standard InChI is InChI=1S/C9H15FN4O/c1-2-15-5-3-4-12-8-7(10)6-13-9(11)14-8/h6H,2-5H2,1H3,(H3,11,12,13,14). The Hall–Kier alpha value is -1.43. The Bertz CT molecular complexity index is 308. The number of nitrogen functional groups attached to an aromatic ring is 1. The minimum Gasteiger partial charge on any atom is -0.382 e. The molecule has 0 aliphatic carbocycles. The van der Waals surface area contributed by atoms with Crippen molar-refractivity contribution < 1.29 is 9.13 Å². The largest absolute Gasteiger partial charge is 0.382 e. The molecular formula is C9H15FN4O. The Morgan fingerprint density at radius 1 is 1.60 bits per heavy atom. The zero-order valence-electron chi connectivity index (χ0n) is 8.66. The number of hydrogen-bond acceptors (Lipinski definition) is 5. The van der Waals surface area contributed by atoms with Gasteiger partial charge in [0.25, 0.3) is 0 Å². The number of ether oxygens (including phenoxy) is 1. The molecular weight excluding hydrogens is 199 g/mol. The van der Waals surface area contributed by atoms with Crippen LogP contribution < -0.4 is 11.1 Å². The molecule has 0 aliphatic rings. The summed E-state index contributed by atoms with van der Waals surface area (Å²) in [6.07, 6.45) is 1.84. The van der Waals surface area contributed by atoms with Gasteiger partial charge in [-0.1, -0.05) is 0 Å². The van der Waals surface area contributed by atoms with Gasteiger partial charge in [0.2, 0.25) is 5.95 Å². The normalized spacial score (nSPS) is 10.3. The Kier molecular flexibility index (Phi) is 4.76. The summed E-state index contributed by atoms with van der Waals surface area (Å²) in [5.41, 5.74) is 5.33. The van der Waals surface area contributed by atoms with Crippen molar-refractivity contribution in [1.29, 1.82) is 0 Å². The van der Waals surface area contributed by atoms with E-state index in [2.05, 4.69) is 15.3 Å². The van der Waals surface area contributed by atoms with Crippen molar-refractivity contribution >= 4 is 11.8 Å². The molecule has 1 heterocycles. The second-order valence-electron chi connectivity index (χ2n) is 2.90. The zero-order chi connectivity index (χ0) is 11.1. The maximum absolute atomic E-state index is 13.1. The summed E-state index contributed by atoms with van der Waals surface area (Å²) in [4.78, 5) is 7.25. The fourth-order valence-corrected chi connectivity index (χ4v) is 1.03. The second-order valence-corrected chi connectivity index (χ2v) is 2.90. The van der Waals surface area contributed by atoms with E-state index in [1.54, 1.807) is 0 Å². The molecule has 1 aromatic heterocycles. The van der Waals surface area contributed by atoms with Crippen LogP contribution >= 0.6 is 0 Å². The summed E-state index contributed by atoms with van der Waals surface area (Å²) in [5, 5.41) is 2.83. The van der Waals surface area contributed by atoms with Crippen LogP contribution in [0, 0.1) is 5.82 Å². The average molecular weight is 214 g/mol. The van der Waals surface area contributed by atoms with Crippen molar-refractivity contribution in [2.75, 3.05) is 30.8 Å². The maximum Gasteiger partial charge on any atom is 0.222 e. The van der Waals surface area contributed by atoms with Gasteiger partial charge >= 0.3 is 0 Å². The topological polar surface area (TPSA) is 73.1 Å². The molecule has 0 spiro atoms. The lowest BCUT2D eigenvalue weighted by molar-refractivity contribution is 0.147. The molecule has 15 heavy (non-hydrogen) atoms. The Morgan fingerprint density at radius 2 is 2.40 bits per heavy atom. The summed E-state index contributed by atoms with van der Waals surface area (Å²) in [7, 11) is 0. The first kappa shape index (κ1) is 11.6. The Morgan fingerprint density at radius 3 is 3.13 bits per heavy atom. The van der Waals surface area contributed by atoms with Crippen LogP contribution in [-0.2, 0) is 4.74 Å². The summed E-state index contributed by atoms with van der Waals surface area (Å²) < 4.78 is 18.2. The molecule has 0 saturated carbocycles. The molecule has 0 bridgehead atoms. The summed E-state index contributed by atoms with van der Waals surface area (Å²) >= 11 is 0. The average Bonchev–Trinajstić information content (AvgIpc) is 2.23. The van der Waals surface area contributed by atoms with E-state index >= 15 is 0 Å². The Balaban J connectivity index is 2.33. The molecule has 0 atom stereocenters. The number of nitrogens with two attached hydrogens (primary N) is 1. The third-order valence-corrected chi connectivity index (χ3v) is 1.72. The monoisotopic (exact) mass is 214 g/mol. The third-order valence-electron chi connectivity index (χ3n) is 1.72. The molecule has 5 nitrogen and oxygen atoms in total. The molecule has 0 radical (unpaired) electrons. The minimum absolute atomic E-state index is 0.0590. The molecule has 1 aromatic rings. The fourth-order valence-electron chi connectivity index (χ4n) is 1.03. The molecule has 0 unspecified atom stereocenters. The number of aromatic nitrogens is 2. The first-order valence-electron chi connectivity index (χ1n) is 4.83. The highest BCUT2D eigenvalue weighted by Gasteiger charge is 2.03. The van der Waals surface area contributed by atoms with Crippen LogP contribution in [0.25, 0.3) is 0 Å². The highest BCUT2D eigenvalue weighted by molar-refractivity contribution is 5.38. The van der Waals surface area contributed by atoms with E-state index in [0.29, 0.717) is 19.8 Å². The van der Waals surface area contributed by atoms with Crippen molar-refractivity contribution in [1.82, 2.24) is 9.97 Å². The van der Waals surface area contributed by atoms with Crippen molar-refractivity contribution in [3.8, 4) is 0 Å². The van der Waals surface area contributed by atoms with Gasteiger partial charge in [0.1, 0.15) is 0 Å². The molecule has 0 saturated heterocycles. The number of hydrogen-bond donors (Lipinski definition) is 2. The van der Waals surface area contributed by atoms with Crippen LogP contribution in [-0.4, -0.2) is 29.7 Å². The molecule has 0 amide bonds. The Labute approximate surface area is 87.9 Å². The van der Waals surface area contributed by atoms with E-state index in [1.165, 1.54) is 0 Å². The van der Waals surface area contributed by atoms with E-state index in [9.17, 15) is 4.39 Å². The van der Waals surface area contributed by atoms with Crippen LogP contribution in [0.3, 0.4) is 0 Å². The van der Waals surface area contributed by atoms with Gasteiger partial charge < -0.3 is 15.8 Å². The second kappa shape index (κ2) is 6.13. The van der Waals surface area contributed by atoms with Crippen LogP contribution in [0.4, 0.5) is 16.2 Å². The zero-order valence-corrected chi connectivity index (χ0v) is 8.66. The number of anilines is 2. The maximum atomic E-state index is 13.1. The number of rotatable bonds is 6. The number of halogens is 1. The van der Waals surface area contributed by atoms with Gasteiger partial charge in [-0.05, 0) is 13.3 Å². The van der Waals surface area contributed by atoms with Crippen LogP contribution in [0.15, 0.2) is 6.20 Å². The molecule has 3 N–H and O–H groups in total. The lowest BCUT2D eigenvalue weighted by Crippen LogP contribution is -2.10. The first-order valence-corrected chi connectivity index (χ1v) is 4.83. The minimum atomic E-state index is -0.499. The molecule has 1 rings (SSSR count). The third kappa shape index (κ3) is 4.07. The lowest BCUT2D eigenvalue weighted by atomic mass is 10.4. The van der Waals surface area contributed by atoms with Crippen molar-refractivity contribution in [3.63, 3.8) is 0 Å². The summed E-state index contributed by atoms with van der Waals surface area (Å²) in [6.45, 7) is 3.85. The van der Waals surface area contributed by atoms with E-state index in [-0.39, 0.29) is 11.8 Å². The predicted molar refractivity (Wildman–Crippen MR) is 56.0 cm³/mol. The molecule has 0 aromatic carbocycles. The number of nitrogens with one attached hydrogen (secondary N) is 1. The van der Waals surface area contributed by atoms with Gasteiger partial charge in [-0.25, -0.2) is 9.37 Å². The first-order chi connectivity index (χ1) is 7.24. The molecule has 0 aliphatic heterocycles. The van der Waals surface area contributed by atoms with Crippen LogP contribution in [0.5, 0.6) is 0 Å². The predicted octanol–water partition coefficient (Wildman–Crippen LogP) is 1.04. The van der Waals surface area contributed by atoms with E-state index in [1.807, 2.05) is 6.92 Å². The van der Waals surface area contributed by atoms with Gasteiger partial charge in [0.05, 0.1) is 6.20 Å². The fraction of sp³-hybridized carbons (Fsp3) is 0.556. The quantitative estimate of drug-likeness (QED) is 0.692. The van der Waals surface area contributed by atoms with Gasteiger partial charge in [-0.3, -0.25) is 0 Å². The van der Waals surface area contributed by atoms with Crippen molar-refractivity contribution in [2.24, 2.45) is 0 Å².